The predicted octanol–water partition coefficient (Wildman–Crippen LogP) is 1.72. The van der Waals surface area contributed by atoms with Gasteiger partial charge in [0.15, 0.2) is 0 Å². The van der Waals surface area contributed by atoms with Gasteiger partial charge in [-0.25, -0.2) is 0 Å². The third-order valence-electron chi connectivity index (χ3n) is 2.39. The summed E-state index contributed by atoms with van der Waals surface area (Å²) in [5.41, 5.74) is 0.362. The maximum absolute atomic E-state index is 11.1. The highest BCUT2D eigenvalue weighted by Crippen LogP contribution is 2.20. The molecule has 3 heteroatoms. The molecule has 1 amide bonds. The number of amides is 1. The van der Waals surface area contributed by atoms with Crippen molar-refractivity contribution in [1.29, 1.82) is 0 Å². The number of hydrogen-bond donors (Lipinski definition) is 1. The smallest absolute Gasteiger partial charge is 0.249 e. The molecule has 0 aromatic carbocycles. The van der Waals surface area contributed by atoms with Gasteiger partial charge in [0.25, 0.3) is 0 Å². The Kier molecular flexibility index (Phi) is 3.93. The van der Waals surface area contributed by atoms with E-state index in [-0.39, 0.29) is 12.0 Å². The largest absolute Gasteiger partial charge is 0.368 e. The van der Waals surface area contributed by atoms with Crippen LogP contribution in [0.1, 0.15) is 40.0 Å². The maximum Gasteiger partial charge on any atom is 0.249 e. The van der Waals surface area contributed by atoms with Crippen molar-refractivity contribution in [2.75, 3.05) is 13.2 Å². The summed E-state index contributed by atoms with van der Waals surface area (Å²) in [7, 11) is 0. The van der Waals surface area contributed by atoms with Gasteiger partial charge in [0, 0.05) is 13.2 Å². The fourth-order valence-corrected chi connectivity index (χ4v) is 1.56. The summed E-state index contributed by atoms with van der Waals surface area (Å²) in [6.45, 7) is 8.12. The molecule has 3 nitrogen and oxygen atoms in total. The van der Waals surface area contributed by atoms with Crippen molar-refractivity contribution in [2.24, 2.45) is 5.41 Å². The van der Waals surface area contributed by atoms with Crippen LogP contribution < -0.4 is 5.32 Å². The Morgan fingerprint density at radius 1 is 1.50 bits per heavy atom. The first kappa shape index (κ1) is 11.5. The molecule has 0 spiro atoms. The number of rotatable bonds is 4. The van der Waals surface area contributed by atoms with Crippen molar-refractivity contribution >= 4 is 5.91 Å². The van der Waals surface area contributed by atoms with Crippen molar-refractivity contribution < 1.29 is 9.53 Å². The Labute approximate surface area is 86.2 Å². The molecule has 0 radical (unpaired) electrons. The van der Waals surface area contributed by atoms with E-state index in [0.29, 0.717) is 12.0 Å². The number of carbonyl (C=O) groups is 1. The second kappa shape index (κ2) is 4.78. The maximum atomic E-state index is 11.1. The van der Waals surface area contributed by atoms with Crippen LogP contribution in [0.5, 0.6) is 0 Å². The summed E-state index contributed by atoms with van der Waals surface area (Å²) in [6.07, 6.45) is 2.82. The van der Waals surface area contributed by atoms with E-state index in [2.05, 4.69) is 26.1 Å². The quantitative estimate of drug-likeness (QED) is 0.700. The van der Waals surface area contributed by atoms with Crippen LogP contribution in [0.4, 0.5) is 0 Å². The van der Waals surface area contributed by atoms with Crippen molar-refractivity contribution in [1.82, 2.24) is 5.32 Å². The van der Waals surface area contributed by atoms with Gasteiger partial charge in [-0.1, -0.05) is 20.8 Å². The lowest BCUT2D eigenvalue weighted by Gasteiger charge is -2.18. The van der Waals surface area contributed by atoms with Crippen LogP contribution in [0.15, 0.2) is 0 Å². The van der Waals surface area contributed by atoms with E-state index >= 15 is 0 Å². The van der Waals surface area contributed by atoms with Gasteiger partial charge in [-0.15, -0.1) is 0 Å². The highest BCUT2D eigenvalue weighted by Gasteiger charge is 2.24. The molecule has 1 fully saturated rings. The van der Waals surface area contributed by atoms with Crippen LogP contribution in [-0.2, 0) is 9.53 Å². The Hall–Kier alpha value is -0.570. The number of nitrogens with one attached hydrogen (secondary N) is 1. The lowest BCUT2D eigenvalue weighted by molar-refractivity contribution is -0.129. The molecule has 1 N–H and O–H groups in total. The van der Waals surface area contributed by atoms with Crippen LogP contribution in [0.3, 0.4) is 0 Å². The van der Waals surface area contributed by atoms with E-state index < -0.39 is 0 Å². The van der Waals surface area contributed by atoms with Crippen LogP contribution >= 0.6 is 0 Å². The Morgan fingerprint density at radius 2 is 2.21 bits per heavy atom. The van der Waals surface area contributed by atoms with Gasteiger partial charge in [-0.05, 0) is 24.7 Å². The first-order valence-corrected chi connectivity index (χ1v) is 5.38. The van der Waals surface area contributed by atoms with E-state index in [4.69, 9.17) is 4.74 Å². The number of ether oxygens (including phenoxy) is 1. The molecule has 0 aliphatic carbocycles. The minimum Gasteiger partial charge on any atom is -0.368 e. The molecule has 0 aromatic rings. The second-order valence-electron chi connectivity index (χ2n) is 5.10. The van der Waals surface area contributed by atoms with Crippen LogP contribution in [0.25, 0.3) is 0 Å². The van der Waals surface area contributed by atoms with Crippen molar-refractivity contribution in [3.05, 3.63) is 0 Å². The van der Waals surface area contributed by atoms with Gasteiger partial charge >= 0.3 is 0 Å². The standard InChI is InChI=1S/C11H21NO2/c1-11(2,3)6-4-8-14-9-5-7-12-10(9)13/h9H,4-8H2,1-3H3,(H,12,13). The summed E-state index contributed by atoms with van der Waals surface area (Å²) in [6, 6.07) is 0. The molecule has 1 aliphatic rings. The molecular formula is C11H21NO2. The van der Waals surface area contributed by atoms with Crippen molar-refractivity contribution in [3.63, 3.8) is 0 Å². The third-order valence-corrected chi connectivity index (χ3v) is 2.39. The summed E-state index contributed by atoms with van der Waals surface area (Å²) < 4.78 is 5.50. The lowest BCUT2D eigenvalue weighted by Crippen LogP contribution is -2.25. The van der Waals surface area contributed by atoms with E-state index in [0.717, 1.165) is 25.8 Å². The predicted molar refractivity (Wildman–Crippen MR) is 56.1 cm³/mol. The molecule has 0 bridgehead atoms. The van der Waals surface area contributed by atoms with Crippen LogP contribution in [-0.4, -0.2) is 25.2 Å². The first-order valence-electron chi connectivity index (χ1n) is 5.38. The normalized spacial score (nSPS) is 22.5. The highest BCUT2D eigenvalue weighted by molar-refractivity contribution is 5.82. The van der Waals surface area contributed by atoms with E-state index in [1.807, 2.05) is 0 Å². The Balaban J connectivity index is 2.07. The minimum absolute atomic E-state index is 0.0563. The highest BCUT2D eigenvalue weighted by atomic mass is 16.5. The summed E-state index contributed by atoms with van der Waals surface area (Å²) in [5, 5.41) is 2.76. The van der Waals surface area contributed by atoms with Gasteiger partial charge in [-0.2, -0.15) is 0 Å². The lowest BCUT2D eigenvalue weighted by atomic mass is 9.91. The Morgan fingerprint density at radius 3 is 2.71 bits per heavy atom. The van der Waals surface area contributed by atoms with Gasteiger partial charge < -0.3 is 10.1 Å². The zero-order valence-electron chi connectivity index (χ0n) is 9.43. The second-order valence-corrected chi connectivity index (χ2v) is 5.10. The number of hydrogen-bond acceptors (Lipinski definition) is 2. The molecular weight excluding hydrogens is 178 g/mol. The van der Waals surface area contributed by atoms with Crippen LogP contribution in [0.2, 0.25) is 0 Å². The van der Waals surface area contributed by atoms with Gasteiger partial charge in [-0.3, -0.25) is 4.79 Å². The fraction of sp³-hybridized carbons (Fsp3) is 0.909. The Bertz CT molecular complexity index is 196. The van der Waals surface area contributed by atoms with Gasteiger partial charge in [0.05, 0.1) is 0 Å². The molecule has 0 aromatic heterocycles. The van der Waals surface area contributed by atoms with Crippen molar-refractivity contribution in [3.8, 4) is 0 Å². The monoisotopic (exact) mass is 199 g/mol. The van der Waals surface area contributed by atoms with Crippen LogP contribution in [0, 0.1) is 5.41 Å². The third kappa shape index (κ3) is 4.09. The molecule has 1 aliphatic heterocycles. The molecule has 82 valence electrons. The van der Waals surface area contributed by atoms with Gasteiger partial charge in [0.2, 0.25) is 5.91 Å². The fourth-order valence-electron chi connectivity index (χ4n) is 1.56. The molecule has 14 heavy (non-hydrogen) atoms. The number of carbonyl (C=O) groups excluding carboxylic acids is 1. The first-order chi connectivity index (χ1) is 6.49. The molecule has 1 atom stereocenters. The average molecular weight is 199 g/mol. The van der Waals surface area contributed by atoms with Crippen molar-refractivity contribution in [2.45, 2.75) is 46.1 Å². The summed E-state index contributed by atoms with van der Waals surface area (Å²) in [4.78, 5) is 11.1. The minimum atomic E-state index is -0.185. The molecule has 1 saturated heterocycles. The average Bonchev–Trinajstić information content (AvgIpc) is 2.44. The summed E-state index contributed by atoms with van der Waals surface area (Å²) >= 11 is 0. The molecule has 1 heterocycles. The zero-order chi connectivity index (χ0) is 10.6. The SMILES string of the molecule is CC(C)(C)CCCOC1CCNC1=O. The molecule has 1 rings (SSSR count). The van der Waals surface area contributed by atoms with E-state index in [9.17, 15) is 4.79 Å². The van der Waals surface area contributed by atoms with E-state index in [1.165, 1.54) is 0 Å². The van der Waals surface area contributed by atoms with Gasteiger partial charge in [0.1, 0.15) is 6.10 Å². The zero-order valence-corrected chi connectivity index (χ0v) is 9.43. The summed E-state index contributed by atoms with van der Waals surface area (Å²) in [5.74, 6) is 0.0563. The topological polar surface area (TPSA) is 38.3 Å². The van der Waals surface area contributed by atoms with E-state index in [1.54, 1.807) is 0 Å². The molecule has 1 unspecified atom stereocenters. The molecule has 0 saturated carbocycles.